The summed E-state index contributed by atoms with van der Waals surface area (Å²) in [5.41, 5.74) is 9.26. The number of benzene rings is 2. The summed E-state index contributed by atoms with van der Waals surface area (Å²) in [6.45, 7) is 0.858. The van der Waals surface area contributed by atoms with Crippen molar-refractivity contribution in [2.75, 3.05) is 14.1 Å². The van der Waals surface area contributed by atoms with Crippen molar-refractivity contribution in [3.63, 3.8) is 0 Å². The Morgan fingerprint density at radius 1 is 1.11 bits per heavy atom. The van der Waals surface area contributed by atoms with Crippen LogP contribution in [0.15, 0.2) is 48.5 Å². The normalized spacial score (nSPS) is 10.7. The van der Waals surface area contributed by atoms with Crippen LogP contribution in [0, 0.1) is 0 Å². The Morgan fingerprint density at radius 3 is 2.53 bits per heavy atom. The van der Waals surface area contributed by atoms with Gasteiger partial charge in [0, 0.05) is 12.1 Å². The molecule has 3 heteroatoms. The first-order valence-corrected chi connectivity index (χ1v) is 6.21. The summed E-state index contributed by atoms with van der Waals surface area (Å²) >= 11 is 0. The molecule has 0 aromatic heterocycles. The van der Waals surface area contributed by atoms with Crippen LogP contribution in [0.4, 0.5) is 0 Å². The Hall–Kier alpha value is -2.13. The minimum atomic E-state index is -0.396. The summed E-state index contributed by atoms with van der Waals surface area (Å²) in [4.78, 5) is 13.4. The van der Waals surface area contributed by atoms with Crippen LogP contribution in [0.5, 0.6) is 0 Å². The fourth-order valence-electron chi connectivity index (χ4n) is 2.12. The number of carbonyl (C=O) groups excluding carboxylic acids is 1. The molecule has 0 saturated carbocycles. The van der Waals surface area contributed by atoms with Gasteiger partial charge in [-0.15, -0.1) is 0 Å². The van der Waals surface area contributed by atoms with Crippen molar-refractivity contribution in [3.05, 3.63) is 59.7 Å². The summed E-state index contributed by atoms with van der Waals surface area (Å²) in [5.74, 6) is -0.396. The summed E-state index contributed by atoms with van der Waals surface area (Å²) in [6.07, 6.45) is 0. The number of primary amides is 1. The highest BCUT2D eigenvalue weighted by Crippen LogP contribution is 2.25. The molecule has 0 aliphatic carbocycles. The van der Waals surface area contributed by atoms with Crippen LogP contribution >= 0.6 is 0 Å². The summed E-state index contributed by atoms with van der Waals surface area (Å²) in [7, 11) is 4.08. The number of rotatable bonds is 4. The zero-order valence-electron chi connectivity index (χ0n) is 11.3. The van der Waals surface area contributed by atoms with Crippen LogP contribution in [-0.4, -0.2) is 24.9 Å². The monoisotopic (exact) mass is 254 g/mol. The molecule has 19 heavy (non-hydrogen) atoms. The first-order valence-electron chi connectivity index (χ1n) is 6.21. The van der Waals surface area contributed by atoms with Crippen LogP contribution in [0.1, 0.15) is 15.9 Å². The molecule has 0 radical (unpaired) electrons. The van der Waals surface area contributed by atoms with E-state index in [2.05, 4.69) is 17.0 Å². The molecule has 98 valence electrons. The molecule has 2 aromatic rings. The number of hydrogen-bond acceptors (Lipinski definition) is 2. The third kappa shape index (κ3) is 3.20. The second-order valence-electron chi connectivity index (χ2n) is 4.84. The first-order chi connectivity index (χ1) is 9.08. The molecule has 3 nitrogen and oxygen atoms in total. The highest BCUT2D eigenvalue weighted by atomic mass is 16.1. The van der Waals surface area contributed by atoms with Gasteiger partial charge in [0.05, 0.1) is 0 Å². The van der Waals surface area contributed by atoms with E-state index in [9.17, 15) is 4.79 Å². The Morgan fingerprint density at radius 2 is 1.84 bits per heavy atom. The van der Waals surface area contributed by atoms with Gasteiger partial charge in [0.1, 0.15) is 0 Å². The predicted molar refractivity (Wildman–Crippen MR) is 77.8 cm³/mol. The zero-order valence-corrected chi connectivity index (χ0v) is 11.3. The van der Waals surface area contributed by atoms with Crippen molar-refractivity contribution in [1.29, 1.82) is 0 Å². The van der Waals surface area contributed by atoms with E-state index in [-0.39, 0.29) is 0 Å². The average Bonchev–Trinajstić information content (AvgIpc) is 2.39. The Balaban J connectivity index is 2.46. The molecule has 0 bridgehead atoms. The van der Waals surface area contributed by atoms with Gasteiger partial charge in [-0.2, -0.15) is 0 Å². The van der Waals surface area contributed by atoms with Crippen molar-refractivity contribution >= 4 is 5.91 Å². The van der Waals surface area contributed by atoms with Crippen LogP contribution in [0.3, 0.4) is 0 Å². The van der Waals surface area contributed by atoms with Gasteiger partial charge in [-0.25, -0.2) is 0 Å². The van der Waals surface area contributed by atoms with Crippen molar-refractivity contribution in [3.8, 4) is 11.1 Å². The van der Waals surface area contributed by atoms with Crippen molar-refractivity contribution in [1.82, 2.24) is 4.90 Å². The van der Waals surface area contributed by atoms with E-state index < -0.39 is 5.91 Å². The third-order valence-electron chi connectivity index (χ3n) is 2.96. The summed E-state index contributed by atoms with van der Waals surface area (Å²) in [5, 5.41) is 0. The van der Waals surface area contributed by atoms with E-state index in [0.29, 0.717) is 5.56 Å². The van der Waals surface area contributed by atoms with E-state index in [0.717, 1.165) is 17.7 Å². The fraction of sp³-hybridized carbons (Fsp3) is 0.188. The third-order valence-corrected chi connectivity index (χ3v) is 2.96. The molecule has 2 rings (SSSR count). The minimum Gasteiger partial charge on any atom is -0.366 e. The highest BCUT2D eigenvalue weighted by molar-refractivity contribution is 5.94. The molecule has 2 aromatic carbocycles. The lowest BCUT2D eigenvalue weighted by Crippen LogP contribution is -2.12. The zero-order chi connectivity index (χ0) is 13.8. The maximum Gasteiger partial charge on any atom is 0.248 e. The SMILES string of the molecule is CN(C)Cc1ccccc1-c1cccc(C(N)=O)c1. The maximum atomic E-state index is 11.3. The lowest BCUT2D eigenvalue weighted by Gasteiger charge is -2.14. The standard InChI is InChI=1S/C16H18N2O/c1-18(2)11-14-6-3-4-9-15(14)12-7-5-8-13(10-12)16(17)19/h3-10H,11H2,1-2H3,(H2,17,19). The smallest absolute Gasteiger partial charge is 0.248 e. The van der Waals surface area contributed by atoms with Crippen LogP contribution < -0.4 is 5.73 Å². The Kier molecular flexibility index (Phi) is 3.97. The van der Waals surface area contributed by atoms with Gasteiger partial charge in [-0.1, -0.05) is 36.4 Å². The van der Waals surface area contributed by atoms with Crippen molar-refractivity contribution in [2.45, 2.75) is 6.54 Å². The van der Waals surface area contributed by atoms with Gasteiger partial charge in [-0.3, -0.25) is 4.79 Å². The molecule has 0 fully saturated rings. The molecule has 1 amide bonds. The first kappa shape index (κ1) is 13.3. The number of amides is 1. The van der Waals surface area contributed by atoms with Gasteiger partial charge in [0.25, 0.3) is 0 Å². The topological polar surface area (TPSA) is 46.3 Å². The van der Waals surface area contributed by atoms with Crippen LogP contribution in [0.2, 0.25) is 0 Å². The lowest BCUT2D eigenvalue weighted by molar-refractivity contribution is 0.100. The van der Waals surface area contributed by atoms with Crippen molar-refractivity contribution in [2.24, 2.45) is 5.73 Å². The van der Waals surface area contributed by atoms with Crippen LogP contribution in [0.25, 0.3) is 11.1 Å². The van der Waals surface area contributed by atoms with E-state index in [1.165, 1.54) is 5.56 Å². The van der Waals surface area contributed by atoms with Gasteiger partial charge in [0.15, 0.2) is 0 Å². The Labute approximate surface area is 113 Å². The second kappa shape index (κ2) is 5.67. The largest absolute Gasteiger partial charge is 0.366 e. The average molecular weight is 254 g/mol. The molecular formula is C16H18N2O. The van der Waals surface area contributed by atoms with Gasteiger partial charge >= 0.3 is 0 Å². The molecule has 0 aliphatic rings. The van der Waals surface area contributed by atoms with Crippen molar-refractivity contribution < 1.29 is 4.79 Å². The molecule has 0 heterocycles. The number of nitrogens with zero attached hydrogens (tertiary/aromatic N) is 1. The summed E-state index contributed by atoms with van der Waals surface area (Å²) < 4.78 is 0. The molecule has 0 spiro atoms. The molecular weight excluding hydrogens is 236 g/mol. The van der Waals surface area contributed by atoms with E-state index in [4.69, 9.17) is 5.73 Å². The summed E-state index contributed by atoms with van der Waals surface area (Å²) in [6, 6.07) is 15.6. The van der Waals surface area contributed by atoms with Gasteiger partial charge in [-0.05, 0) is 42.9 Å². The lowest BCUT2D eigenvalue weighted by atomic mass is 9.98. The van der Waals surface area contributed by atoms with E-state index in [1.807, 2.05) is 44.4 Å². The highest BCUT2D eigenvalue weighted by Gasteiger charge is 2.07. The predicted octanol–water partition coefficient (Wildman–Crippen LogP) is 2.51. The number of hydrogen-bond donors (Lipinski definition) is 1. The quantitative estimate of drug-likeness (QED) is 0.911. The molecule has 0 unspecified atom stereocenters. The fourth-order valence-corrected chi connectivity index (χ4v) is 2.12. The van der Waals surface area contributed by atoms with E-state index in [1.54, 1.807) is 6.07 Å². The van der Waals surface area contributed by atoms with Gasteiger partial charge in [0.2, 0.25) is 5.91 Å². The molecule has 0 atom stereocenters. The molecule has 0 aliphatic heterocycles. The molecule has 0 saturated heterocycles. The number of carbonyl (C=O) groups is 1. The minimum absolute atomic E-state index is 0.396. The molecule has 2 N–H and O–H groups in total. The Bertz CT molecular complexity index is 591. The second-order valence-corrected chi connectivity index (χ2v) is 4.84. The maximum absolute atomic E-state index is 11.3. The van der Waals surface area contributed by atoms with E-state index >= 15 is 0 Å². The van der Waals surface area contributed by atoms with Gasteiger partial charge < -0.3 is 10.6 Å². The number of nitrogens with two attached hydrogens (primary N) is 1. The van der Waals surface area contributed by atoms with Crippen LogP contribution in [-0.2, 0) is 6.54 Å².